The number of fused-ring (bicyclic) bond motifs is 1. The summed E-state index contributed by atoms with van der Waals surface area (Å²) in [5.41, 5.74) is 1.46. The number of aliphatic hydroxyl groups is 4. The second kappa shape index (κ2) is 14.7. The molecule has 0 aromatic heterocycles. The van der Waals surface area contributed by atoms with E-state index in [1.807, 2.05) is 19.1 Å². The zero-order chi connectivity index (χ0) is 32.8. The first-order valence-corrected chi connectivity index (χ1v) is 15.4. The number of rotatable bonds is 12. The molecule has 0 amide bonds. The van der Waals surface area contributed by atoms with E-state index in [1.165, 1.54) is 6.08 Å². The van der Waals surface area contributed by atoms with E-state index in [0.717, 1.165) is 22.8 Å². The molecule has 0 bridgehead atoms. The lowest BCUT2D eigenvalue weighted by atomic mass is 9.59. The maximum atomic E-state index is 11.8. The largest absolute Gasteiger partial charge is 0.508 e. The lowest BCUT2D eigenvalue weighted by Crippen LogP contribution is -2.43. The number of benzene rings is 1. The third-order valence-electron chi connectivity index (χ3n) is 9.49. The first-order valence-electron chi connectivity index (χ1n) is 15.4. The fourth-order valence-corrected chi connectivity index (χ4v) is 7.25. The minimum absolute atomic E-state index is 0.0263. The van der Waals surface area contributed by atoms with Crippen molar-refractivity contribution in [3.63, 3.8) is 0 Å². The monoisotopic (exact) mass is 606 g/mol. The number of aliphatic hydroxyl groups excluding tert-OH is 3. The van der Waals surface area contributed by atoms with Crippen molar-refractivity contribution in [2.45, 2.75) is 78.3 Å². The van der Waals surface area contributed by atoms with Crippen LogP contribution in [-0.2, 0) is 4.79 Å². The highest BCUT2D eigenvalue weighted by atomic mass is 16.4. The molecule has 1 aromatic carbocycles. The minimum Gasteiger partial charge on any atom is -0.508 e. The van der Waals surface area contributed by atoms with E-state index in [0.29, 0.717) is 12.8 Å². The Bertz CT molecular complexity index is 1310. The van der Waals surface area contributed by atoms with Crippen LogP contribution >= 0.6 is 0 Å². The molecule has 9 atom stereocenters. The van der Waals surface area contributed by atoms with Gasteiger partial charge in [-0.3, -0.25) is 0 Å². The van der Waals surface area contributed by atoms with Crippen molar-refractivity contribution in [2.75, 3.05) is 0 Å². The van der Waals surface area contributed by atoms with E-state index in [4.69, 9.17) is 5.11 Å². The highest BCUT2D eigenvalue weighted by Gasteiger charge is 2.59. The van der Waals surface area contributed by atoms with Crippen LogP contribution in [0.15, 0.2) is 96.2 Å². The van der Waals surface area contributed by atoms with E-state index in [9.17, 15) is 30.3 Å². The fourth-order valence-electron chi connectivity index (χ4n) is 7.25. The average Bonchev–Trinajstić information content (AvgIpc) is 3.14. The van der Waals surface area contributed by atoms with Gasteiger partial charge in [-0.15, -0.1) is 0 Å². The maximum absolute atomic E-state index is 11.8. The third-order valence-corrected chi connectivity index (χ3v) is 9.49. The van der Waals surface area contributed by atoms with Crippen LogP contribution in [0.2, 0.25) is 0 Å². The van der Waals surface area contributed by atoms with Crippen LogP contribution in [0.5, 0.6) is 5.75 Å². The standard InChI is InChI=1S/C37H50O7/c1-23(14-20-32(41)42)13-19-31(40)25(3)30(39)12-10-8-7-9-11-28-24(2)21-29-34(36(4,5)22-37(29,6)44)33(28)35(43)26-15-17-27(38)18-16-26/h7-18,20-21,25,28-31,33-35,38-40,43-44H,19,22H2,1-6H3,(H,41,42)/t25-,28+,29+,30-,31+,33-,34-,35+,37+/m0/s1. The molecule has 0 heterocycles. The van der Waals surface area contributed by atoms with Crippen LogP contribution in [0.1, 0.15) is 66.1 Å². The van der Waals surface area contributed by atoms with Gasteiger partial charge in [0, 0.05) is 29.7 Å². The van der Waals surface area contributed by atoms with Gasteiger partial charge in [-0.25, -0.2) is 4.79 Å². The van der Waals surface area contributed by atoms with Crippen LogP contribution in [0.4, 0.5) is 0 Å². The number of allylic oxidation sites excluding steroid dienone is 8. The van der Waals surface area contributed by atoms with E-state index < -0.39 is 35.8 Å². The molecule has 0 spiro atoms. The lowest BCUT2D eigenvalue weighted by Gasteiger charge is -2.46. The summed E-state index contributed by atoms with van der Waals surface area (Å²) in [7, 11) is 0. The summed E-state index contributed by atoms with van der Waals surface area (Å²) in [5.74, 6) is -1.66. The van der Waals surface area contributed by atoms with E-state index in [1.54, 1.807) is 62.4 Å². The summed E-state index contributed by atoms with van der Waals surface area (Å²) in [5, 5.41) is 62.7. The van der Waals surface area contributed by atoms with Crippen LogP contribution in [0.25, 0.3) is 0 Å². The molecule has 0 aliphatic heterocycles. The van der Waals surface area contributed by atoms with Crippen LogP contribution in [0.3, 0.4) is 0 Å². The summed E-state index contributed by atoms with van der Waals surface area (Å²) >= 11 is 0. The number of hydrogen-bond acceptors (Lipinski definition) is 6. The highest BCUT2D eigenvalue weighted by Crippen LogP contribution is 2.62. The van der Waals surface area contributed by atoms with Crippen molar-refractivity contribution in [3.05, 3.63) is 102 Å². The molecule has 2 aliphatic carbocycles. The van der Waals surface area contributed by atoms with Crippen molar-refractivity contribution in [1.82, 2.24) is 0 Å². The van der Waals surface area contributed by atoms with Crippen LogP contribution in [0, 0.1) is 35.0 Å². The Labute approximate surface area is 262 Å². The van der Waals surface area contributed by atoms with E-state index in [-0.39, 0.29) is 34.8 Å². The molecule has 0 saturated heterocycles. The van der Waals surface area contributed by atoms with Crippen molar-refractivity contribution in [1.29, 1.82) is 0 Å². The van der Waals surface area contributed by atoms with Gasteiger partial charge in [-0.1, -0.05) is 98.7 Å². The van der Waals surface area contributed by atoms with Gasteiger partial charge < -0.3 is 30.6 Å². The molecule has 240 valence electrons. The lowest BCUT2D eigenvalue weighted by molar-refractivity contribution is -0.131. The van der Waals surface area contributed by atoms with Crippen molar-refractivity contribution >= 4 is 5.97 Å². The summed E-state index contributed by atoms with van der Waals surface area (Å²) in [6.45, 7) is 11.8. The van der Waals surface area contributed by atoms with Crippen molar-refractivity contribution < 1.29 is 35.4 Å². The smallest absolute Gasteiger partial charge is 0.328 e. The summed E-state index contributed by atoms with van der Waals surface area (Å²) in [4.78, 5) is 10.6. The molecule has 3 rings (SSSR count). The molecule has 6 N–H and O–H groups in total. The highest BCUT2D eigenvalue weighted by molar-refractivity contribution is 5.80. The number of phenols is 1. The Morgan fingerprint density at radius 2 is 1.66 bits per heavy atom. The molecule has 7 heteroatoms. The molecule has 1 fully saturated rings. The average molecular weight is 607 g/mol. The maximum Gasteiger partial charge on any atom is 0.328 e. The van der Waals surface area contributed by atoms with Gasteiger partial charge in [0.15, 0.2) is 0 Å². The first-order chi connectivity index (χ1) is 20.5. The molecule has 44 heavy (non-hydrogen) atoms. The number of carbonyl (C=O) groups is 1. The van der Waals surface area contributed by atoms with Gasteiger partial charge in [-0.2, -0.15) is 0 Å². The van der Waals surface area contributed by atoms with Gasteiger partial charge in [0.05, 0.1) is 23.9 Å². The van der Waals surface area contributed by atoms with Gasteiger partial charge in [0.25, 0.3) is 0 Å². The Balaban J connectivity index is 1.74. The summed E-state index contributed by atoms with van der Waals surface area (Å²) in [6.07, 6.45) is 15.9. The SMILES string of the molecule is CC(C=CC(=O)O)=CC[C@@H](O)[C@@H](C)[C@@H](O)C=CC=CC=C[C@@H]1C(C)=C[C@@H]2[C@@H]([C@H]1[C@H](O)c1ccc(O)cc1)C(C)(C)C[C@@]2(C)O. The third kappa shape index (κ3) is 8.69. The number of hydrogen-bond donors (Lipinski definition) is 6. The van der Waals surface area contributed by atoms with Gasteiger partial charge >= 0.3 is 5.97 Å². The van der Waals surface area contributed by atoms with E-state index in [2.05, 4.69) is 32.9 Å². The zero-order valence-corrected chi connectivity index (χ0v) is 26.7. The summed E-state index contributed by atoms with van der Waals surface area (Å²) in [6, 6.07) is 6.68. The number of phenolic OH excluding ortho intramolecular Hbond substituents is 1. The molecular weight excluding hydrogens is 556 g/mol. The number of aromatic hydroxyl groups is 1. The molecular formula is C37H50O7. The topological polar surface area (TPSA) is 138 Å². The van der Waals surface area contributed by atoms with Gasteiger partial charge in [0.1, 0.15) is 5.75 Å². The van der Waals surface area contributed by atoms with Crippen LogP contribution in [-0.4, -0.2) is 54.4 Å². The second-order valence-corrected chi connectivity index (χ2v) is 13.6. The number of carboxylic acids is 1. The first kappa shape index (κ1) is 35.3. The molecule has 0 unspecified atom stereocenters. The second-order valence-electron chi connectivity index (χ2n) is 13.6. The molecule has 0 radical (unpaired) electrons. The minimum atomic E-state index is -1.03. The van der Waals surface area contributed by atoms with E-state index >= 15 is 0 Å². The van der Waals surface area contributed by atoms with Crippen LogP contribution < -0.4 is 0 Å². The Morgan fingerprint density at radius 1 is 1.02 bits per heavy atom. The fraction of sp³-hybridized carbons (Fsp3) is 0.486. The number of carboxylic acid groups (broad SMARTS) is 1. The zero-order valence-electron chi connectivity index (χ0n) is 26.7. The molecule has 1 saturated carbocycles. The normalized spacial score (nSPS) is 30.1. The molecule has 1 aromatic rings. The number of aliphatic carboxylic acids is 1. The Kier molecular flexibility index (Phi) is 11.8. The molecule has 2 aliphatic rings. The summed E-state index contributed by atoms with van der Waals surface area (Å²) < 4.78 is 0. The van der Waals surface area contributed by atoms with Crippen molar-refractivity contribution in [2.24, 2.45) is 35.0 Å². The predicted octanol–water partition coefficient (Wildman–Crippen LogP) is 6.03. The quantitative estimate of drug-likeness (QED) is 0.0970. The Morgan fingerprint density at radius 3 is 2.30 bits per heavy atom. The molecule has 7 nitrogen and oxygen atoms in total. The van der Waals surface area contributed by atoms with Gasteiger partial charge in [-0.05, 0) is 62.6 Å². The predicted molar refractivity (Wildman–Crippen MR) is 174 cm³/mol. The van der Waals surface area contributed by atoms with Crippen molar-refractivity contribution in [3.8, 4) is 5.75 Å². The van der Waals surface area contributed by atoms with Gasteiger partial charge in [0.2, 0.25) is 0 Å². The Hall–Kier alpha value is -3.23.